The van der Waals surface area contributed by atoms with Gasteiger partial charge >= 0.3 is 0 Å². The first kappa shape index (κ1) is 41.7. The van der Waals surface area contributed by atoms with Crippen molar-refractivity contribution in [2.45, 2.75) is 0 Å². The van der Waals surface area contributed by atoms with Gasteiger partial charge in [-0.05, 0) is 109 Å². The smallest absolute Gasteiger partial charge is 0.160 e. The van der Waals surface area contributed by atoms with Crippen LogP contribution in [0.5, 0.6) is 0 Å². The van der Waals surface area contributed by atoms with E-state index >= 15 is 0 Å². The monoisotopic (exact) mass is 903 g/mol. The third-order valence-corrected chi connectivity index (χ3v) is 13.9. The van der Waals surface area contributed by atoms with E-state index in [1.165, 1.54) is 77.1 Å². The van der Waals surface area contributed by atoms with Crippen molar-refractivity contribution in [1.82, 2.24) is 14.5 Å². The maximum absolute atomic E-state index is 5.13. The second kappa shape index (κ2) is 17.9. The van der Waals surface area contributed by atoms with E-state index < -0.39 is 0 Å². The Labute approximate surface area is 413 Å². The maximum atomic E-state index is 5.13. The van der Waals surface area contributed by atoms with Gasteiger partial charge in [-0.15, -0.1) is 0 Å². The second-order valence-corrected chi connectivity index (χ2v) is 18.2. The summed E-state index contributed by atoms with van der Waals surface area (Å²) in [6.07, 6.45) is 0. The summed E-state index contributed by atoms with van der Waals surface area (Å²) in [7, 11) is 0. The van der Waals surface area contributed by atoms with E-state index in [2.05, 4.69) is 259 Å². The van der Waals surface area contributed by atoms with Crippen LogP contribution in [-0.4, -0.2) is 14.5 Å². The molecule has 0 fully saturated rings. The molecule has 11 aromatic carbocycles. The highest BCUT2D eigenvalue weighted by Gasteiger charge is 2.17. The van der Waals surface area contributed by atoms with E-state index in [1.54, 1.807) is 0 Å². The fourth-order valence-corrected chi connectivity index (χ4v) is 10.2. The molecule has 0 aliphatic rings. The molecule has 0 saturated carbocycles. The lowest BCUT2D eigenvalue weighted by atomic mass is 9.97. The molecule has 71 heavy (non-hydrogen) atoms. The summed E-state index contributed by atoms with van der Waals surface area (Å²) >= 11 is 0. The van der Waals surface area contributed by atoms with Crippen LogP contribution in [0.25, 0.3) is 128 Å². The molecule has 0 bridgehead atoms. The van der Waals surface area contributed by atoms with Gasteiger partial charge in [-0.25, -0.2) is 9.97 Å². The van der Waals surface area contributed by atoms with E-state index in [9.17, 15) is 0 Å². The summed E-state index contributed by atoms with van der Waals surface area (Å²) in [6.45, 7) is 0. The molecule has 0 saturated heterocycles. The van der Waals surface area contributed by atoms with Crippen LogP contribution < -0.4 is 0 Å². The Morgan fingerprint density at radius 1 is 0.239 bits per heavy atom. The van der Waals surface area contributed by atoms with Crippen molar-refractivity contribution in [1.29, 1.82) is 0 Å². The van der Waals surface area contributed by atoms with E-state index in [0.29, 0.717) is 5.82 Å². The molecule has 0 unspecified atom stereocenters. The minimum Gasteiger partial charge on any atom is -0.309 e. The van der Waals surface area contributed by atoms with Crippen molar-refractivity contribution in [2.24, 2.45) is 0 Å². The molecule has 3 heteroatoms. The molecule has 0 atom stereocenters. The number of fused-ring (bicyclic) bond motifs is 4. The molecule has 13 aromatic rings. The zero-order valence-electron chi connectivity index (χ0n) is 38.8. The lowest BCUT2D eigenvalue weighted by Crippen LogP contribution is -1.96. The average molecular weight is 904 g/mol. The van der Waals surface area contributed by atoms with Crippen LogP contribution in [0.2, 0.25) is 0 Å². The first-order valence-corrected chi connectivity index (χ1v) is 24.2. The first-order valence-electron chi connectivity index (χ1n) is 24.2. The molecule has 2 aromatic heterocycles. The average Bonchev–Trinajstić information content (AvgIpc) is 3.79. The van der Waals surface area contributed by atoms with Crippen LogP contribution >= 0.6 is 0 Å². The van der Waals surface area contributed by atoms with Crippen LogP contribution in [0.1, 0.15) is 0 Å². The van der Waals surface area contributed by atoms with Gasteiger partial charge in [-0.2, -0.15) is 0 Å². The van der Waals surface area contributed by atoms with Gasteiger partial charge in [0, 0.05) is 33.2 Å². The lowest BCUT2D eigenvalue weighted by Gasteiger charge is -2.12. The van der Waals surface area contributed by atoms with Crippen LogP contribution in [0.4, 0.5) is 0 Å². The molecule has 0 N–H and O–H groups in total. The SMILES string of the molecule is c1ccc(-c2ccc(-c3ccc4c(c3)c3cc(-c5ccc(-c6ccccc6)cc5)ccc3n4-c3ccc(-c4ccc(-c5cc(-c6cccc7ccccc67)nc(-c6ccccc6)n5)cc4)cc3)cc2)cc1. The predicted molar refractivity (Wildman–Crippen MR) is 297 cm³/mol. The standard InChI is InChI=1S/C68H45N3/c1-4-13-46(14-5-1)48-23-27-52(28-24-48)57-37-41-66-62(43-57)63-44-58(53-29-25-49(26-30-53)47-15-6-2-7-16-47)38-42-67(63)71(66)59-39-35-51(36-40-59)50-31-33-55(34-32-50)64-45-65(70-68(69-64)56-18-8-3-9-19-56)61-22-12-20-54-17-10-11-21-60(54)61/h1-45H. The van der Waals surface area contributed by atoms with Crippen molar-refractivity contribution < 1.29 is 0 Å². The van der Waals surface area contributed by atoms with E-state index in [4.69, 9.17) is 9.97 Å². The molecule has 13 rings (SSSR count). The first-order chi connectivity index (χ1) is 35.2. The quantitative estimate of drug-likeness (QED) is 0.144. The summed E-state index contributed by atoms with van der Waals surface area (Å²) in [5, 5.41) is 4.79. The zero-order chi connectivity index (χ0) is 47.1. The highest BCUT2D eigenvalue weighted by atomic mass is 15.0. The third-order valence-electron chi connectivity index (χ3n) is 13.9. The Kier molecular flexibility index (Phi) is 10.5. The van der Waals surface area contributed by atoms with Gasteiger partial charge in [0.25, 0.3) is 0 Å². The number of rotatable bonds is 9. The minimum atomic E-state index is 0.707. The molecule has 0 aliphatic carbocycles. The molecule has 332 valence electrons. The van der Waals surface area contributed by atoms with Crippen LogP contribution in [0.15, 0.2) is 273 Å². The van der Waals surface area contributed by atoms with Crippen molar-refractivity contribution in [3.63, 3.8) is 0 Å². The highest BCUT2D eigenvalue weighted by molar-refractivity contribution is 6.12. The predicted octanol–water partition coefficient (Wildman–Crippen LogP) is 18.1. The number of hydrogen-bond acceptors (Lipinski definition) is 2. The number of benzene rings is 11. The van der Waals surface area contributed by atoms with Gasteiger partial charge < -0.3 is 4.57 Å². The summed E-state index contributed by atoms with van der Waals surface area (Å²) in [6, 6.07) is 97.9. The number of nitrogens with zero attached hydrogens (tertiary/aromatic N) is 3. The fourth-order valence-electron chi connectivity index (χ4n) is 10.2. The van der Waals surface area contributed by atoms with Gasteiger partial charge in [0.15, 0.2) is 5.82 Å². The molecular weight excluding hydrogens is 859 g/mol. The molecule has 0 spiro atoms. The Bertz CT molecular complexity index is 3880. The molecular formula is C68H45N3. The van der Waals surface area contributed by atoms with Crippen LogP contribution in [0.3, 0.4) is 0 Å². The van der Waals surface area contributed by atoms with Gasteiger partial charge in [-0.3, -0.25) is 0 Å². The van der Waals surface area contributed by atoms with Gasteiger partial charge in [0.05, 0.1) is 22.4 Å². The number of aromatic nitrogens is 3. The zero-order valence-corrected chi connectivity index (χ0v) is 38.8. The van der Waals surface area contributed by atoms with Crippen LogP contribution in [0, 0.1) is 0 Å². The molecule has 2 heterocycles. The molecule has 0 radical (unpaired) electrons. The minimum absolute atomic E-state index is 0.707. The topological polar surface area (TPSA) is 30.7 Å². The highest BCUT2D eigenvalue weighted by Crippen LogP contribution is 2.39. The summed E-state index contributed by atoms with van der Waals surface area (Å²) in [5.74, 6) is 0.707. The van der Waals surface area contributed by atoms with Gasteiger partial charge in [0.1, 0.15) is 0 Å². The Morgan fingerprint density at radius 2 is 0.620 bits per heavy atom. The summed E-state index contributed by atoms with van der Waals surface area (Å²) in [5.41, 5.74) is 20.3. The fraction of sp³-hybridized carbons (Fsp3) is 0. The third kappa shape index (κ3) is 7.96. The van der Waals surface area contributed by atoms with Gasteiger partial charge in [0.2, 0.25) is 0 Å². The van der Waals surface area contributed by atoms with E-state index in [-0.39, 0.29) is 0 Å². The lowest BCUT2D eigenvalue weighted by molar-refractivity contribution is 1.18. The largest absolute Gasteiger partial charge is 0.309 e. The van der Waals surface area contributed by atoms with Crippen molar-refractivity contribution in [2.75, 3.05) is 0 Å². The summed E-state index contributed by atoms with van der Waals surface area (Å²) < 4.78 is 2.41. The Morgan fingerprint density at radius 3 is 1.14 bits per heavy atom. The van der Waals surface area contributed by atoms with Crippen LogP contribution in [-0.2, 0) is 0 Å². The number of hydrogen-bond donors (Lipinski definition) is 0. The van der Waals surface area contributed by atoms with Gasteiger partial charge in [-0.1, -0.05) is 231 Å². The molecule has 3 nitrogen and oxygen atoms in total. The normalized spacial score (nSPS) is 11.4. The second-order valence-electron chi connectivity index (χ2n) is 18.2. The van der Waals surface area contributed by atoms with Crippen molar-refractivity contribution in [3.8, 4) is 95.2 Å². The Hall–Kier alpha value is -9.44. The molecule has 0 amide bonds. The molecule has 0 aliphatic heterocycles. The summed E-state index contributed by atoms with van der Waals surface area (Å²) in [4.78, 5) is 10.3. The van der Waals surface area contributed by atoms with E-state index in [0.717, 1.165) is 44.9 Å². The Balaban J connectivity index is 0.858. The van der Waals surface area contributed by atoms with E-state index in [1.807, 2.05) is 18.2 Å². The maximum Gasteiger partial charge on any atom is 0.160 e. The van der Waals surface area contributed by atoms with Crippen molar-refractivity contribution in [3.05, 3.63) is 273 Å². The van der Waals surface area contributed by atoms with Crippen molar-refractivity contribution >= 4 is 32.6 Å².